The molecule has 1 N–H and O–H groups in total. The third-order valence-corrected chi connectivity index (χ3v) is 3.36. The van der Waals surface area contributed by atoms with E-state index in [0.717, 1.165) is 25.5 Å². The number of piperidine rings is 1. The summed E-state index contributed by atoms with van der Waals surface area (Å²) in [5, 5.41) is 3.46. The molecule has 1 heterocycles. The lowest BCUT2D eigenvalue weighted by Gasteiger charge is -2.23. The van der Waals surface area contributed by atoms with E-state index in [2.05, 4.69) is 5.32 Å². The van der Waals surface area contributed by atoms with E-state index in [1.165, 1.54) is 31.4 Å². The van der Waals surface area contributed by atoms with Gasteiger partial charge in [-0.1, -0.05) is 30.7 Å². The summed E-state index contributed by atoms with van der Waals surface area (Å²) in [6.45, 7) is 2.01. The zero-order valence-corrected chi connectivity index (χ0v) is 10.2. The highest BCUT2D eigenvalue weighted by atomic mass is 19.3. The number of nitrogens with one attached hydrogen (secondary N) is 1. The number of benzene rings is 1. The van der Waals surface area contributed by atoms with Crippen LogP contribution in [0.1, 0.15) is 37.3 Å². The molecule has 1 aromatic carbocycles. The fourth-order valence-corrected chi connectivity index (χ4v) is 2.32. The van der Waals surface area contributed by atoms with Crippen molar-refractivity contribution in [3.8, 4) is 0 Å². The third-order valence-electron chi connectivity index (χ3n) is 3.36. The van der Waals surface area contributed by atoms with Crippen LogP contribution in [0.25, 0.3) is 0 Å². The average molecular weight is 239 g/mol. The molecule has 0 aliphatic carbocycles. The normalized spacial score (nSPS) is 21.5. The van der Waals surface area contributed by atoms with Gasteiger partial charge in [0.2, 0.25) is 0 Å². The molecular formula is C14H19F2N. The fraction of sp³-hybridized carbons (Fsp3) is 0.571. The Morgan fingerprint density at radius 2 is 1.94 bits per heavy atom. The Balaban J connectivity index is 1.98. The lowest BCUT2D eigenvalue weighted by atomic mass is 9.97. The molecule has 3 heteroatoms. The largest absolute Gasteiger partial charge is 0.314 e. The maximum absolute atomic E-state index is 13.0. The summed E-state index contributed by atoms with van der Waals surface area (Å²) in [5.74, 6) is -2.73. The monoisotopic (exact) mass is 239 g/mol. The summed E-state index contributed by atoms with van der Waals surface area (Å²) in [4.78, 5) is 0. The van der Waals surface area contributed by atoms with Crippen molar-refractivity contribution < 1.29 is 8.78 Å². The van der Waals surface area contributed by atoms with Crippen molar-refractivity contribution in [2.24, 2.45) is 0 Å². The van der Waals surface area contributed by atoms with Crippen LogP contribution < -0.4 is 5.32 Å². The van der Waals surface area contributed by atoms with E-state index in [1.54, 1.807) is 0 Å². The van der Waals surface area contributed by atoms with Crippen molar-refractivity contribution in [1.29, 1.82) is 0 Å². The number of hydrogen-bond donors (Lipinski definition) is 1. The Labute approximate surface area is 101 Å². The average Bonchev–Trinajstić information content (AvgIpc) is 2.30. The third kappa shape index (κ3) is 3.50. The molecule has 0 aromatic heterocycles. The SMILES string of the molecule is CC(F)(F)c1ccc(CC2CCCCN2)cc1. The van der Waals surface area contributed by atoms with Crippen LogP contribution in [0.5, 0.6) is 0 Å². The Kier molecular flexibility index (Phi) is 3.77. The fourth-order valence-electron chi connectivity index (χ4n) is 2.32. The van der Waals surface area contributed by atoms with E-state index < -0.39 is 5.92 Å². The van der Waals surface area contributed by atoms with E-state index in [0.29, 0.717) is 6.04 Å². The van der Waals surface area contributed by atoms with Gasteiger partial charge in [-0.15, -0.1) is 0 Å². The highest BCUT2D eigenvalue weighted by Crippen LogP contribution is 2.27. The van der Waals surface area contributed by atoms with Crippen LogP contribution in [0.4, 0.5) is 8.78 Å². The van der Waals surface area contributed by atoms with E-state index in [-0.39, 0.29) is 5.56 Å². The summed E-state index contributed by atoms with van der Waals surface area (Å²) in [6.07, 6.45) is 4.64. The lowest BCUT2D eigenvalue weighted by molar-refractivity contribution is 0.0174. The summed E-state index contributed by atoms with van der Waals surface area (Å²) in [6, 6.07) is 7.24. The molecule has 0 saturated carbocycles. The van der Waals surface area contributed by atoms with Crippen molar-refractivity contribution in [2.75, 3.05) is 6.54 Å². The van der Waals surface area contributed by atoms with Crippen molar-refractivity contribution in [1.82, 2.24) is 5.32 Å². The van der Waals surface area contributed by atoms with Crippen molar-refractivity contribution >= 4 is 0 Å². The molecule has 1 aliphatic rings. The predicted octanol–water partition coefficient (Wildman–Crippen LogP) is 3.48. The van der Waals surface area contributed by atoms with Crippen molar-refractivity contribution in [2.45, 2.75) is 44.6 Å². The Morgan fingerprint density at radius 3 is 2.47 bits per heavy atom. The van der Waals surface area contributed by atoms with Crippen LogP contribution in [0, 0.1) is 0 Å². The highest BCUT2D eigenvalue weighted by molar-refractivity contribution is 5.26. The topological polar surface area (TPSA) is 12.0 Å². The van der Waals surface area contributed by atoms with E-state index in [4.69, 9.17) is 0 Å². The molecule has 1 fully saturated rings. The van der Waals surface area contributed by atoms with Crippen LogP contribution in [0.3, 0.4) is 0 Å². The molecule has 94 valence electrons. The molecular weight excluding hydrogens is 220 g/mol. The first-order valence-electron chi connectivity index (χ1n) is 6.26. The van der Waals surface area contributed by atoms with Crippen LogP contribution in [-0.2, 0) is 12.3 Å². The molecule has 2 rings (SSSR count). The van der Waals surface area contributed by atoms with Gasteiger partial charge in [0, 0.05) is 18.5 Å². The summed E-state index contributed by atoms with van der Waals surface area (Å²) >= 11 is 0. The van der Waals surface area contributed by atoms with Gasteiger partial charge in [-0.25, -0.2) is 8.78 Å². The minimum Gasteiger partial charge on any atom is -0.314 e. The first-order valence-corrected chi connectivity index (χ1v) is 6.26. The van der Waals surface area contributed by atoms with Crippen molar-refractivity contribution in [3.05, 3.63) is 35.4 Å². The molecule has 1 aliphatic heterocycles. The smallest absolute Gasteiger partial charge is 0.270 e. The van der Waals surface area contributed by atoms with Gasteiger partial charge in [0.05, 0.1) is 0 Å². The zero-order chi connectivity index (χ0) is 12.3. The van der Waals surface area contributed by atoms with Crippen LogP contribution in [0.15, 0.2) is 24.3 Å². The zero-order valence-electron chi connectivity index (χ0n) is 10.2. The Hall–Kier alpha value is -0.960. The van der Waals surface area contributed by atoms with E-state index >= 15 is 0 Å². The lowest BCUT2D eigenvalue weighted by Crippen LogP contribution is -2.35. The molecule has 1 atom stereocenters. The van der Waals surface area contributed by atoms with Gasteiger partial charge in [-0.05, 0) is 31.4 Å². The highest BCUT2D eigenvalue weighted by Gasteiger charge is 2.23. The second-order valence-electron chi connectivity index (χ2n) is 4.94. The quantitative estimate of drug-likeness (QED) is 0.851. The number of rotatable bonds is 3. The van der Waals surface area contributed by atoms with Crippen LogP contribution in [0.2, 0.25) is 0 Å². The van der Waals surface area contributed by atoms with Gasteiger partial charge in [0.25, 0.3) is 5.92 Å². The molecule has 0 spiro atoms. The maximum atomic E-state index is 13.0. The summed E-state index contributed by atoms with van der Waals surface area (Å²) < 4.78 is 26.1. The Bertz CT molecular complexity index is 347. The van der Waals surface area contributed by atoms with E-state index in [1.807, 2.05) is 12.1 Å². The first-order chi connectivity index (χ1) is 8.05. The molecule has 0 radical (unpaired) electrons. The minimum atomic E-state index is -2.73. The molecule has 17 heavy (non-hydrogen) atoms. The maximum Gasteiger partial charge on any atom is 0.270 e. The van der Waals surface area contributed by atoms with Gasteiger partial charge in [-0.2, -0.15) is 0 Å². The molecule has 1 aromatic rings. The minimum absolute atomic E-state index is 0.0952. The molecule has 0 amide bonds. The molecule has 1 saturated heterocycles. The first kappa shape index (κ1) is 12.5. The van der Waals surface area contributed by atoms with E-state index in [9.17, 15) is 8.78 Å². The molecule has 1 nitrogen and oxygen atoms in total. The number of halogens is 2. The standard InChI is InChI=1S/C14H19F2N/c1-14(15,16)12-7-5-11(6-8-12)10-13-4-2-3-9-17-13/h5-8,13,17H,2-4,9-10H2,1H3. The van der Waals surface area contributed by atoms with Crippen molar-refractivity contribution in [3.63, 3.8) is 0 Å². The van der Waals surface area contributed by atoms with Crippen LogP contribution >= 0.6 is 0 Å². The molecule has 0 bridgehead atoms. The van der Waals surface area contributed by atoms with Gasteiger partial charge < -0.3 is 5.32 Å². The van der Waals surface area contributed by atoms with Gasteiger partial charge >= 0.3 is 0 Å². The Morgan fingerprint density at radius 1 is 1.24 bits per heavy atom. The number of alkyl halides is 2. The molecule has 1 unspecified atom stereocenters. The number of hydrogen-bond acceptors (Lipinski definition) is 1. The summed E-state index contributed by atoms with van der Waals surface area (Å²) in [5.41, 5.74) is 1.23. The summed E-state index contributed by atoms with van der Waals surface area (Å²) in [7, 11) is 0. The van der Waals surface area contributed by atoms with Gasteiger partial charge in [0.1, 0.15) is 0 Å². The predicted molar refractivity (Wildman–Crippen MR) is 65.4 cm³/mol. The van der Waals surface area contributed by atoms with Crippen LogP contribution in [-0.4, -0.2) is 12.6 Å². The van der Waals surface area contributed by atoms with Gasteiger partial charge in [-0.3, -0.25) is 0 Å². The second kappa shape index (κ2) is 5.13. The van der Waals surface area contributed by atoms with Gasteiger partial charge in [0.15, 0.2) is 0 Å². The second-order valence-corrected chi connectivity index (χ2v) is 4.94.